The average molecular weight is 276 g/mol. The molecule has 1 aliphatic heterocycles. The van der Waals surface area contributed by atoms with Crippen LogP contribution in [0.15, 0.2) is 24.3 Å². The summed E-state index contributed by atoms with van der Waals surface area (Å²) >= 11 is 0. The number of likely N-dealkylation sites (tertiary alicyclic amines) is 1. The predicted molar refractivity (Wildman–Crippen MR) is 84.5 cm³/mol. The van der Waals surface area contributed by atoms with Gasteiger partial charge < -0.3 is 15.0 Å². The van der Waals surface area contributed by atoms with Crippen LogP contribution in [0.5, 0.6) is 5.75 Å². The molecular formula is C17H28N2O. The number of hydrogen-bond acceptors (Lipinski definition) is 3. The van der Waals surface area contributed by atoms with Crippen LogP contribution in [0.4, 0.5) is 0 Å². The summed E-state index contributed by atoms with van der Waals surface area (Å²) in [5.41, 5.74) is 1.39. The highest BCUT2D eigenvalue weighted by molar-refractivity contribution is 5.27. The second kappa shape index (κ2) is 8.98. The maximum Gasteiger partial charge on any atom is 0.118 e. The largest absolute Gasteiger partial charge is 0.497 e. The van der Waals surface area contributed by atoms with Crippen molar-refractivity contribution in [2.45, 2.75) is 32.1 Å². The van der Waals surface area contributed by atoms with E-state index in [-0.39, 0.29) is 0 Å². The van der Waals surface area contributed by atoms with Gasteiger partial charge in [0.25, 0.3) is 0 Å². The van der Waals surface area contributed by atoms with E-state index in [9.17, 15) is 0 Å². The third kappa shape index (κ3) is 5.51. The van der Waals surface area contributed by atoms with Gasteiger partial charge in [-0.3, -0.25) is 0 Å². The minimum Gasteiger partial charge on any atom is -0.497 e. The maximum absolute atomic E-state index is 5.16. The number of nitrogens with one attached hydrogen (secondary N) is 1. The molecule has 0 bridgehead atoms. The molecule has 0 aliphatic carbocycles. The molecule has 1 aromatic carbocycles. The number of methoxy groups -OCH3 is 1. The van der Waals surface area contributed by atoms with Gasteiger partial charge in [-0.2, -0.15) is 0 Å². The topological polar surface area (TPSA) is 24.5 Å². The number of ether oxygens (including phenoxy) is 1. The summed E-state index contributed by atoms with van der Waals surface area (Å²) in [7, 11) is 1.71. The average Bonchev–Trinajstić information content (AvgIpc) is 3.00. The summed E-state index contributed by atoms with van der Waals surface area (Å²) in [6, 6.07) is 8.40. The lowest BCUT2D eigenvalue weighted by atomic mass is 10.1. The van der Waals surface area contributed by atoms with Gasteiger partial charge in [0.15, 0.2) is 0 Å². The Labute approximate surface area is 123 Å². The van der Waals surface area contributed by atoms with E-state index in [1.165, 1.54) is 50.9 Å². The lowest BCUT2D eigenvalue weighted by molar-refractivity contribution is 0.331. The first-order valence-corrected chi connectivity index (χ1v) is 7.94. The minimum atomic E-state index is 0.939. The molecule has 1 aliphatic rings. The van der Waals surface area contributed by atoms with Crippen molar-refractivity contribution in [3.8, 4) is 5.75 Å². The fourth-order valence-electron chi connectivity index (χ4n) is 2.77. The molecule has 1 aromatic rings. The molecule has 1 N–H and O–H groups in total. The molecule has 1 heterocycles. The Morgan fingerprint density at radius 1 is 1.05 bits per heavy atom. The highest BCUT2D eigenvalue weighted by atomic mass is 16.5. The fourth-order valence-corrected chi connectivity index (χ4v) is 2.77. The molecule has 3 nitrogen and oxygen atoms in total. The van der Waals surface area contributed by atoms with E-state index in [2.05, 4.69) is 22.3 Å². The first kappa shape index (κ1) is 15.3. The summed E-state index contributed by atoms with van der Waals surface area (Å²) in [6.45, 7) is 6.17. The Hall–Kier alpha value is -1.06. The Bertz CT molecular complexity index is 358. The minimum absolute atomic E-state index is 0.939. The summed E-state index contributed by atoms with van der Waals surface area (Å²) in [5, 5.41) is 3.55. The Morgan fingerprint density at radius 2 is 1.75 bits per heavy atom. The Morgan fingerprint density at radius 3 is 2.45 bits per heavy atom. The third-order valence-corrected chi connectivity index (χ3v) is 4.00. The van der Waals surface area contributed by atoms with Crippen LogP contribution in [0.2, 0.25) is 0 Å². The summed E-state index contributed by atoms with van der Waals surface area (Å²) < 4.78 is 5.16. The molecule has 0 aromatic heterocycles. The van der Waals surface area contributed by atoms with Crippen molar-refractivity contribution in [3.05, 3.63) is 29.8 Å². The lowest BCUT2D eigenvalue weighted by Gasteiger charge is -2.14. The van der Waals surface area contributed by atoms with Gasteiger partial charge in [0.1, 0.15) is 5.75 Å². The van der Waals surface area contributed by atoms with E-state index < -0.39 is 0 Å². The highest BCUT2D eigenvalue weighted by Gasteiger charge is 2.09. The summed E-state index contributed by atoms with van der Waals surface area (Å²) in [4.78, 5) is 2.58. The molecule has 0 atom stereocenters. The predicted octanol–water partition coefficient (Wildman–Crippen LogP) is 2.70. The monoisotopic (exact) mass is 276 g/mol. The third-order valence-electron chi connectivity index (χ3n) is 4.00. The molecular weight excluding hydrogens is 248 g/mol. The molecule has 0 amide bonds. The molecule has 0 saturated carbocycles. The number of nitrogens with zero attached hydrogens (tertiary/aromatic N) is 1. The van der Waals surface area contributed by atoms with Crippen molar-refractivity contribution in [2.75, 3.05) is 39.8 Å². The molecule has 1 saturated heterocycles. The Kier molecular flexibility index (Phi) is 6.89. The summed E-state index contributed by atoms with van der Waals surface area (Å²) in [6.07, 6.45) is 6.42. The van der Waals surface area contributed by atoms with Gasteiger partial charge in [-0.05, 0) is 82.5 Å². The molecule has 0 spiro atoms. The molecule has 3 heteroatoms. The second-order valence-electron chi connectivity index (χ2n) is 5.60. The number of hydrogen-bond donors (Lipinski definition) is 1. The van der Waals surface area contributed by atoms with Crippen LogP contribution < -0.4 is 10.1 Å². The van der Waals surface area contributed by atoms with Crippen LogP contribution in [0, 0.1) is 0 Å². The van der Waals surface area contributed by atoms with Gasteiger partial charge in [0.2, 0.25) is 0 Å². The van der Waals surface area contributed by atoms with Gasteiger partial charge in [0.05, 0.1) is 7.11 Å². The van der Waals surface area contributed by atoms with Gasteiger partial charge in [-0.25, -0.2) is 0 Å². The maximum atomic E-state index is 5.16. The molecule has 0 unspecified atom stereocenters. The zero-order chi connectivity index (χ0) is 14.0. The van der Waals surface area contributed by atoms with Crippen molar-refractivity contribution < 1.29 is 4.74 Å². The molecule has 112 valence electrons. The van der Waals surface area contributed by atoms with Crippen molar-refractivity contribution in [1.29, 1.82) is 0 Å². The molecule has 1 fully saturated rings. The van der Waals surface area contributed by atoms with Gasteiger partial charge in [-0.1, -0.05) is 12.1 Å². The van der Waals surface area contributed by atoms with E-state index >= 15 is 0 Å². The van der Waals surface area contributed by atoms with E-state index in [0.717, 1.165) is 25.3 Å². The Balaban J connectivity index is 1.46. The quantitative estimate of drug-likeness (QED) is 0.702. The van der Waals surface area contributed by atoms with E-state index in [4.69, 9.17) is 4.74 Å². The van der Waals surface area contributed by atoms with Crippen LogP contribution in [0.25, 0.3) is 0 Å². The molecule has 2 rings (SSSR count). The fraction of sp³-hybridized carbons (Fsp3) is 0.647. The smallest absolute Gasteiger partial charge is 0.118 e. The van der Waals surface area contributed by atoms with Crippen molar-refractivity contribution in [1.82, 2.24) is 10.2 Å². The summed E-state index contributed by atoms with van der Waals surface area (Å²) in [5.74, 6) is 0.939. The number of rotatable bonds is 9. The van der Waals surface area contributed by atoms with Crippen LogP contribution in [0.3, 0.4) is 0 Å². The normalized spacial score (nSPS) is 15.7. The van der Waals surface area contributed by atoms with Crippen LogP contribution in [-0.4, -0.2) is 44.7 Å². The van der Waals surface area contributed by atoms with Crippen molar-refractivity contribution >= 4 is 0 Å². The number of benzene rings is 1. The van der Waals surface area contributed by atoms with E-state index in [1.54, 1.807) is 7.11 Å². The zero-order valence-electron chi connectivity index (χ0n) is 12.7. The number of aryl methyl sites for hydroxylation is 1. The lowest BCUT2D eigenvalue weighted by Crippen LogP contribution is -2.25. The van der Waals surface area contributed by atoms with Crippen LogP contribution in [-0.2, 0) is 6.42 Å². The van der Waals surface area contributed by atoms with Crippen molar-refractivity contribution in [2.24, 2.45) is 0 Å². The van der Waals surface area contributed by atoms with Crippen LogP contribution in [0.1, 0.15) is 31.2 Å². The highest BCUT2D eigenvalue weighted by Crippen LogP contribution is 2.12. The first-order valence-electron chi connectivity index (χ1n) is 7.94. The van der Waals surface area contributed by atoms with Crippen molar-refractivity contribution in [3.63, 3.8) is 0 Å². The molecule has 0 radical (unpaired) electrons. The first-order chi connectivity index (χ1) is 9.88. The van der Waals surface area contributed by atoms with Gasteiger partial charge in [0, 0.05) is 0 Å². The SMILES string of the molecule is COc1ccc(CCCNCCCN2CCCC2)cc1. The van der Waals surface area contributed by atoms with E-state index in [1.807, 2.05) is 12.1 Å². The zero-order valence-corrected chi connectivity index (χ0v) is 12.7. The van der Waals surface area contributed by atoms with E-state index in [0.29, 0.717) is 0 Å². The van der Waals surface area contributed by atoms with Gasteiger partial charge in [-0.15, -0.1) is 0 Å². The standard InChI is InChI=1S/C17H28N2O/c1-20-17-9-7-16(8-10-17)6-4-11-18-12-5-15-19-13-2-3-14-19/h7-10,18H,2-6,11-15H2,1H3. The second-order valence-corrected chi connectivity index (χ2v) is 5.60. The van der Waals surface area contributed by atoms with Crippen LogP contribution >= 0.6 is 0 Å². The van der Waals surface area contributed by atoms with Gasteiger partial charge >= 0.3 is 0 Å². The molecule has 20 heavy (non-hydrogen) atoms.